The highest BCUT2D eigenvalue weighted by Crippen LogP contribution is 2.43. The molecule has 108 valence electrons. The van der Waals surface area contributed by atoms with Gasteiger partial charge in [0, 0.05) is 0 Å². The lowest BCUT2D eigenvalue weighted by atomic mass is 10.1. The minimum atomic E-state index is -5.86. The van der Waals surface area contributed by atoms with Gasteiger partial charge in [0.25, 0.3) is 0 Å². The first-order chi connectivity index (χ1) is 8.61. The van der Waals surface area contributed by atoms with Gasteiger partial charge in [-0.2, -0.15) is 22.0 Å². The van der Waals surface area contributed by atoms with E-state index in [4.69, 9.17) is 5.11 Å². The number of aliphatic carboxylic acids is 1. The van der Waals surface area contributed by atoms with Gasteiger partial charge in [-0.1, -0.05) is 6.92 Å². The number of carbonyl (C=O) groups is 1. The second-order valence-electron chi connectivity index (χ2n) is 3.68. The molecule has 1 N–H and O–H groups in total. The summed E-state index contributed by atoms with van der Waals surface area (Å²) in [5.41, 5.74) is 0. The van der Waals surface area contributed by atoms with Crippen molar-refractivity contribution in [2.24, 2.45) is 0 Å². The molecule has 0 aliphatic carbocycles. The van der Waals surface area contributed by atoms with E-state index in [1.54, 1.807) is 0 Å². The fourth-order valence-corrected chi connectivity index (χ4v) is 1.38. The van der Waals surface area contributed by atoms with Crippen LogP contribution in [0.3, 0.4) is 0 Å². The average Bonchev–Trinajstić information content (AvgIpc) is 2.73. The monoisotopic (exact) mass is 288 g/mol. The van der Waals surface area contributed by atoms with Crippen molar-refractivity contribution in [1.82, 2.24) is 20.2 Å². The van der Waals surface area contributed by atoms with Crippen molar-refractivity contribution in [2.75, 3.05) is 0 Å². The van der Waals surface area contributed by atoms with Crippen LogP contribution in [-0.4, -0.2) is 37.5 Å². The van der Waals surface area contributed by atoms with Crippen molar-refractivity contribution in [3.63, 3.8) is 0 Å². The molecule has 0 aliphatic rings. The van der Waals surface area contributed by atoms with Gasteiger partial charge in [-0.25, -0.2) is 4.68 Å². The smallest absolute Gasteiger partial charge is 0.461 e. The van der Waals surface area contributed by atoms with E-state index in [9.17, 15) is 26.7 Å². The van der Waals surface area contributed by atoms with Crippen LogP contribution in [0.25, 0.3) is 0 Å². The third-order valence-corrected chi connectivity index (χ3v) is 2.36. The number of alkyl halides is 5. The third kappa shape index (κ3) is 2.96. The molecule has 0 saturated heterocycles. The van der Waals surface area contributed by atoms with Crippen LogP contribution < -0.4 is 0 Å². The Hall–Kier alpha value is -1.81. The maximum atomic E-state index is 13.2. The third-order valence-electron chi connectivity index (χ3n) is 2.36. The molecule has 1 atom stereocenters. The van der Waals surface area contributed by atoms with E-state index in [2.05, 4.69) is 15.5 Å². The maximum absolute atomic E-state index is 13.2. The number of carboxylic acid groups (broad SMARTS) is 1. The highest BCUT2D eigenvalue weighted by atomic mass is 19.4. The molecular weight excluding hydrogens is 279 g/mol. The largest absolute Gasteiger partial charge is 0.481 e. The van der Waals surface area contributed by atoms with Gasteiger partial charge in [0.2, 0.25) is 5.82 Å². The highest BCUT2D eigenvalue weighted by molar-refractivity contribution is 5.67. The standard InChI is InChI=1S/C8H9F5N4O2/c1-2-4(3-5(18)19)17-6(14-15-16-17)7(9,10)8(11,12)13/h4H,2-3H2,1H3,(H,18,19). The average molecular weight is 288 g/mol. The summed E-state index contributed by atoms with van der Waals surface area (Å²) in [5.74, 6) is -8.32. The molecule has 1 heterocycles. The molecule has 0 amide bonds. The Balaban J connectivity index is 3.20. The Morgan fingerprint density at radius 2 is 1.95 bits per heavy atom. The quantitative estimate of drug-likeness (QED) is 0.835. The Morgan fingerprint density at radius 1 is 1.37 bits per heavy atom. The summed E-state index contributed by atoms with van der Waals surface area (Å²) in [6.45, 7) is 1.42. The van der Waals surface area contributed by atoms with Crippen LogP contribution in [0.4, 0.5) is 22.0 Å². The summed E-state index contributed by atoms with van der Waals surface area (Å²) in [4.78, 5) is 10.5. The first-order valence-electron chi connectivity index (χ1n) is 5.06. The minimum Gasteiger partial charge on any atom is -0.481 e. The Kier molecular flexibility index (Phi) is 4.06. The molecule has 0 aliphatic heterocycles. The molecule has 11 heteroatoms. The molecule has 0 bridgehead atoms. The SMILES string of the molecule is CCC(CC(=O)O)n1nnnc1C(F)(F)C(F)(F)F. The van der Waals surface area contributed by atoms with Crippen molar-refractivity contribution in [3.05, 3.63) is 5.82 Å². The predicted octanol–water partition coefficient (Wildman–Crippen LogP) is 1.75. The van der Waals surface area contributed by atoms with Gasteiger partial charge in [0.1, 0.15) is 0 Å². The molecule has 1 rings (SSSR count). The lowest BCUT2D eigenvalue weighted by molar-refractivity contribution is -0.294. The van der Waals surface area contributed by atoms with Crippen molar-refractivity contribution in [2.45, 2.75) is 37.9 Å². The molecule has 0 saturated carbocycles. The first kappa shape index (κ1) is 15.2. The summed E-state index contributed by atoms with van der Waals surface area (Å²) in [5, 5.41) is 17.0. The van der Waals surface area contributed by atoms with Crippen LogP contribution in [0.2, 0.25) is 0 Å². The zero-order chi connectivity index (χ0) is 14.8. The fraction of sp³-hybridized carbons (Fsp3) is 0.750. The molecule has 1 aromatic heterocycles. The number of nitrogens with zero attached hydrogens (tertiary/aromatic N) is 4. The van der Waals surface area contributed by atoms with Crippen molar-refractivity contribution in [1.29, 1.82) is 0 Å². The Labute approximate surface area is 103 Å². The second kappa shape index (κ2) is 5.05. The number of hydrogen-bond donors (Lipinski definition) is 1. The van der Waals surface area contributed by atoms with E-state index in [-0.39, 0.29) is 11.1 Å². The van der Waals surface area contributed by atoms with E-state index in [1.807, 2.05) is 0 Å². The van der Waals surface area contributed by atoms with Crippen molar-refractivity contribution < 1.29 is 31.9 Å². The second-order valence-corrected chi connectivity index (χ2v) is 3.68. The normalized spacial score (nSPS) is 14.4. The van der Waals surface area contributed by atoms with Crippen LogP contribution in [0.1, 0.15) is 31.6 Å². The number of tetrazole rings is 1. The van der Waals surface area contributed by atoms with Gasteiger partial charge in [-0.05, 0) is 16.8 Å². The molecule has 1 unspecified atom stereocenters. The molecule has 0 radical (unpaired) electrons. The summed E-state index contributed by atoms with van der Waals surface area (Å²) in [6.07, 6.45) is -6.54. The van der Waals surface area contributed by atoms with E-state index < -0.39 is 36.4 Å². The van der Waals surface area contributed by atoms with Crippen molar-refractivity contribution in [3.8, 4) is 0 Å². The topological polar surface area (TPSA) is 80.9 Å². The van der Waals surface area contributed by atoms with Crippen LogP contribution >= 0.6 is 0 Å². The molecule has 6 nitrogen and oxygen atoms in total. The number of aromatic nitrogens is 4. The van der Waals surface area contributed by atoms with Crippen LogP contribution in [0.5, 0.6) is 0 Å². The Bertz CT molecular complexity index is 458. The van der Waals surface area contributed by atoms with E-state index >= 15 is 0 Å². The summed E-state index contributed by atoms with van der Waals surface area (Å²) >= 11 is 0. The summed E-state index contributed by atoms with van der Waals surface area (Å²) < 4.78 is 63.2. The summed E-state index contributed by atoms with van der Waals surface area (Å²) in [7, 11) is 0. The fourth-order valence-electron chi connectivity index (χ4n) is 1.38. The van der Waals surface area contributed by atoms with E-state index in [1.165, 1.54) is 6.92 Å². The zero-order valence-electron chi connectivity index (χ0n) is 9.53. The van der Waals surface area contributed by atoms with E-state index in [0.29, 0.717) is 0 Å². The molecule has 1 aromatic rings. The first-order valence-corrected chi connectivity index (χ1v) is 5.06. The van der Waals surface area contributed by atoms with Gasteiger partial charge in [-0.15, -0.1) is 5.10 Å². The van der Waals surface area contributed by atoms with Crippen LogP contribution in [-0.2, 0) is 10.7 Å². The van der Waals surface area contributed by atoms with Crippen molar-refractivity contribution >= 4 is 5.97 Å². The number of halogens is 5. The highest BCUT2D eigenvalue weighted by Gasteiger charge is 2.62. The van der Waals surface area contributed by atoms with E-state index in [0.717, 1.165) is 0 Å². The lowest BCUT2D eigenvalue weighted by Crippen LogP contribution is -2.37. The van der Waals surface area contributed by atoms with Crippen LogP contribution in [0.15, 0.2) is 0 Å². The predicted molar refractivity (Wildman–Crippen MR) is 49.3 cm³/mol. The summed E-state index contributed by atoms with van der Waals surface area (Å²) in [6, 6.07) is -1.18. The number of hydrogen-bond acceptors (Lipinski definition) is 4. The van der Waals surface area contributed by atoms with Gasteiger partial charge in [-0.3, -0.25) is 4.79 Å². The molecular formula is C8H9F5N4O2. The minimum absolute atomic E-state index is 0.0156. The Morgan fingerprint density at radius 3 is 2.37 bits per heavy atom. The number of carboxylic acids is 1. The molecule has 0 aromatic carbocycles. The van der Waals surface area contributed by atoms with Gasteiger partial charge < -0.3 is 5.11 Å². The molecule has 19 heavy (non-hydrogen) atoms. The maximum Gasteiger partial charge on any atom is 0.461 e. The van der Waals surface area contributed by atoms with Gasteiger partial charge >= 0.3 is 18.1 Å². The number of rotatable bonds is 5. The van der Waals surface area contributed by atoms with Crippen LogP contribution in [0, 0.1) is 0 Å². The lowest BCUT2D eigenvalue weighted by Gasteiger charge is -2.21. The van der Waals surface area contributed by atoms with Gasteiger partial charge in [0.05, 0.1) is 12.5 Å². The van der Waals surface area contributed by atoms with Gasteiger partial charge in [0.15, 0.2) is 0 Å². The molecule has 0 fully saturated rings. The molecule has 0 spiro atoms. The zero-order valence-corrected chi connectivity index (χ0v) is 9.53.